The summed E-state index contributed by atoms with van der Waals surface area (Å²) in [5.74, 6) is 0.151. The first-order valence-electron chi connectivity index (χ1n) is 5.31. The van der Waals surface area contributed by atoms with E-state index in [1.54, 1.807) is 0 Å². The van der Waals surface area contributed by atoms with Gasteiger partial charge in [-0.15, -0.1) is 11.8 Å². The molecule has 0 radical (unpaired) electrons. The summed E-state index contributed by atoms with van der Waals surface area (Å²) >= 11 is 1.40. The fourth-order valence-corrected chi connectivity index (χ4v) is 3.31. The molecule has 2 heterocycles. The zero-order valence-corrected chi connectivity index (χ0v) is 10.2. The van der Waals surface area contributed by atoms with Crippen molar-refractivity contribution in [3.8, 4) is 0 Å². The first kappa shape index (κ1) is 12.7. The molecule has 0 aromatic carbocycles. The number of hydrogen-bond acceptors (Lipinski definition) is 6. The predicted octanol–water partition coefficient (Wildman–Crippen LogP) is 0.501. The van der Waals surface area contributed by atoms with Crippen molar-refractivity contribution >= 4 is 17.6 Å². The van der Waals surface area contributed by atoms with Gasteiger partial charge in [0.1, 0.15) is 5.82 Å². The van der Waals surface area contributed by atoms with Crippen LogP contribution in [0.2, 0.25) is 0 Å². The Morgan fingerprint density at radius 1 is 1.78 bits per heavy atom. The Morgan fingerprint density at radius 2 is 2.56 bits per heavy atom. The number of aromatic nitrogens is 2. The van der Waals surface area contributed by atoms with E-state index in [1.807, 2.05) is 0 Å². The van der Waals surface area contributed by atoms with Gasteiger partial charge in [-0.2, -0.15) is 4.98 Å². The standard InChI is InChI=1S/C9H12N6O2S/c10-7-1-2-15(9(17)12-7)8-6(13-14-11)3-5(4-16)18-8/h1-2,5-6,8,16H,3-4H2,(H2,10,12,17)/t5-,6-,8-/m0/s1. The topological polar surface area (TPSA) is 130 Å². The summed E-state index contributed by atoms with van der Waals surface area (Å²) in [6.07, 6.45) is 2.06. The van der Waals surface area contributed by atoms with E-state index in [2.05, 4.69) is 15.0 Å². The summed E-state index contributed by atoms with van der Waals surface area (Å²) in [7, 11) is 0. The van der Waals surface area contributed by atoms with E-state index >= 15 is 0 Å². The first-order chi connectivity index (χ1) is 8.65. The first-order valence-corrected chi connectivity index (χ1v) is 6.25. The second kappa shape index (κ2) is 5.30. The van der Waals surface area contributed by atoms with Crippen molar-refractivity contribution in [3.63, 3.8) is 0 Å². The van der Waals surface area contributed by atoms with Crippen LogP contribution < -0.4 is 11.4 Å². The molecule has 0 saturated carbocycles. The Morgan fingerprint density at radius 3 is 3.17 bits per heavy atom. The summed E-state index contributed by atoms with van der Waals surface area (Å²) in [6.45, 7) is -0.0181. The molecular weight excluding hydrogens is 256 g/mol. The van der Waals surface area contributed by atoms with Crippen LogP contribution in [-0.4, -0.2) is 32.6 Å². The highest BCUT2D eigenvalue weighted by atomic mass is 32.2. The number of nitrogens with zero attached hydrogens (tertiary/aromatic N) is 5. The van der Waals surface area contributed by atoms with Crippen LogP contribution in [0.3, 0.4) is 0 Å². The van der Waals surface area contributed by atoms with Gasteiger partial charge in [0.15, 0.2) is 0 Å². The lowest BCUT2D eigenvalue weighted by Gasteiger charge is -2.16. The number of nitrogen functional groups attached to an aromatic ring is 1. The molecule has 3 N–H and O–H groups in total. The Bertz CT molecular complexity index is 540. The smallest absolute Gasteiger partial charge is 0.350 e. The van der Waals surface area contributed by atoms with Gasteiger partial charge in [-0.3, -0.25) is 4.57 Å². The Hall–Kier alpha value is -1.70. The van der Waals surface area contributed by atoms with Gasteiger partial charge in [-0.25, -0.2) is 4.79 Å². The van der Waals surface area contributed by atoms with Crippen LogP contribution in [0.25, 0.3) is 10.4 Å². The fraction of sp³-hybridized carbons (Fsp3) is 0.556. The molecular formula is C9H12N6O2S. The van der Waals surface area contributed by atoms with Crippen LogP contribution in [0.5, 0.6) is 0 Å². The van der Waals surface area contributed by atoms with Crippen molar-refractivity contribution in [1.29, 1.82) is 0 Å². The number of aliphatic hydroxyl groups is 1. The number of azide groups is 1. The van der Waals surface area contributed by atoms with E-state index < -0.39 is 5.69 Å². The second-order valence-corrected chi connectivity index (χ2v) is 5.30. The lowest BCUT2D eigenvalue weighted by atomic mass is 10.2. The van der Waals surface area contributed by atoms with Gasteiger partial charge >= 0.3 is 5.69 Å². The van der Waals surface area contributed by atoms with Crippen molar-refractivity contribution in [2.24, 2.45) is 5.11 Å². The largest absolute Gasteiger partial charge is 0.395 e. The summed E-state index contributed by atoms with van der Waals surface area (Å²) in [6, 6.07) is 1.14. The number of hydrogen-bond donors (Lipinski definition) is 2. The molecule has 1 saturated heterocycles. The molecule has 1 aliphatic rings. The monoisotopic (exact) mass is 268 g/mol. The van der Waals surface area contributed by atoms with Gasteiger partial charge in [0, 0.05) is 16.4 Å². The van der Waals surface area contributed by atoms with Crippen LogP contribution in [0.1, 0.15) is 11.8 Å². The fourth-order valence-electron chi connectivity index (χ4n) is 1.89. The minimum atomic E-state index is -0.482. The molecule has 1 fully saturated rings. The van der Waals surface area contributed by atoms with Gasteiger partial charge in [0.25, 0.3) is 0 Å². The van der Waals surface area contributed by atoms with Gasteiger partial charge in [0.05, 0.1) is 18.0 Å². The van der Waals surface area contributed by atoms with E-state index in [9.17, 15) is 4.79 Å². The molecule has 0 bridgehead atoms. The summed E-state index contributed by atoms with van der Waals surface area (Å²) in [5, 5.41) is 12.4. The number of nitrogens with two attached hydrogens (primary N) is 1. The average molecular weight is 268 g/mol. The second-order valence-electron chi connectivity index (χ2n) is 3.88. The van der Waals surface area contributed by atoms with E-state index in [0.717, 1.165) is 0 Å². The molecule has 1 aromatic rings. The molecule has 96 valence electrons. The maximum absolute atomic E-state index is 11.7. The van der Waals surface area contributed by atoms with Gasteiger partial charge < -0.3 is 10.8 Å². The molecule has 8 nitrogen and oxygen atoms in total. The molecule has 0 unspecified atom stereocenters. The van der Waals surface area contributed by atoms with Crippen molar-refractivity contribution in [2.75, 3.05) is 12.3 Å². The SMILES string of the molecule is [N-]=[N+]=N[C@H]1C[C@@H](CO)S[C@@H]1n1ccc(N)nc1=O. The Balaban J connectivity index is 2.35. The molecule has 0 aliphatic carbocycles. The third-order valence-corrected chi connectivity index (χ3v) is 4.24. The highest BCUT2D eigenvalue weighted by Crippen LogP contribution is 2.42. The van der Waals surface area contributed by atoms with E-state index in [0.29, 0.717) is 6.42 Å². The molecule has 9 heteroatoms. The van der Waals surface area contributed by atoms with Crippen molar-refractivity contribution in [1.82, 2.24) is 9.55 Å². The number of anilines is 1. The predicted molar refractivity (Wildman–Crippen MR) is 68.0 cm³/mol. The Kier molecular flexibility index (Phi) is 3.75. The van der Waals surface area contributed by atoms with Crippen LogP contribution in [0, 0.1) is 0 Å². The summed E-state index contributed by atoms with van der Waals surface area (Å²) in [5.41, 5.74) is 13.5. The third kappa shape index (κ3) is 2.42. The molecule has 2 rings (SSSR count). The molecule has 3 atom stereocenters. The van der Waals surface area contributed by atoms with Gasteiger partial charge in [-0.1, -0.05) is 5.11 Å². The van der Waals surface area contributed by atoms with Crippen LogP contribution >= 0.6 is 11.8 Å². The van der Waals surface area contributed by atoms with E-state index in [1.165, 1.54) is 28.6 Å². The van der Waals surface area contributed by atoms with E-state index in [4.69, 9.17) is 16.4 Å². The minimum Gasteiger partial charge on any atom is -0.395 e. The average Bonchev–Trinajstić information content (AvgIpc) is 2.73. The van der Waals surface area contributed by atoms with Gasteiger partial charge in [0.2, 0.25) is 0 Å². The molecule has 18 heavy (non-hydrogen) atoms. The van der Waals surface area contributed by atoms with Crippen molar-refractivity contribution in [2.45, 2.75) is 23.1 Å². The molecule has 0 spiro atoms. The van der Waals surface area contributed by atoms with E-state index in [-0.39, 0.29) is 29.1 Å². The molecule has 1 aromatic heterocycles. The highest BCUT2D eigenvalue weighted by Gasteiger charge is 2.35. The quantitative estimate of drug-likeness (QED) is 0.468. The van der Waals surface area contributed by atoms with Crippen molar-refractivity contribution in [3.05, 3.63) is 33.2 Å². The van der Waals surface area contributed by atoms with Crippen LogP contribution in [0.15, 0.2) is 22.2 Å². The maximum atomic E-state index is 11.7. The number of rotatable bonds is 3. The normalized spacial score (nSPS) is 26.8. The molecule has 0 amide bonds. The zero-order valence-electron chi connectivity index (χ0n) is 9.38. The number of aliphatic hydroxyl groups excluding tert-OH is 1. The summed E-state index contributed by atoms with van der Waals surface area (Å²) < 4.78 is 1.38. The lowest BCUT2D eigenvalue weighted by Crippen LogP contribution is -2.29. The molecule has 1 aliphatic heterocycles. The van der Waals surface area contributed by atoms with Crippen molar-refractivity contribution < 1.29 is 5.11 Å². The highest BCUT2D eigenvalue weighted by molar-refractivity contribution is 8.00. The maximum Gasteiger partial charge on any atom is 0.350 e. The Labute approximate surface area is 106 Å². The zero-order chi connectivity index (χ0) is 13.1. The lowest BCUT2D eigenvalue weighted by molar-refractivity contribution is 0.289. The third-order valence-electron chi connectivity index (χ3n) is 2.69. The number of thioether (sulfide) groups is 1. The van der Waals surface area contributed by atoms with Gasteiger partial charge in [-0.05, 0) is 18.0 Å². The minimum absolute atomic E-state index is 0.0181. The van der Waals surface area contributed by atoms with Crippen LogP contribution in [0.4, 0.5) is 5.82 Å². The summed E-state index contributed by atoms with van der Waals surface area (Å²) in [4.78, 5) is 18.2. The van der Waals surface area contributed by atoms with Crippen LogP contribution in [-0.2, 0) is 0 Å².